The smallest absolute Gasteiger partial charge is 0.306 e. The third-order valence-corrected chi connectivity index (χ3v) is 13.4. The van der Waals surface area contributed by atoms with Gasteiger partial charge in [-0.3, -0.25) is 9.59 Å². The summed E-state index contributed by atoms with van der Waals surface area (Å²) in [6, 6.07) is -0.692. The molecule has 0 saturated carbocycles. The predicted octanol–water partition coefficient (Wildman–Crippen LogP) is 17.1. The Morgan fingerprint density at radius 2 is 0.677 bits per heavy atom. The average Bonchev–Trinajstić information content (AvgIpc) is 3.26. The molecular formula is C56H111NO5. The lowest BCUT2D eigenvalue weighted by Crippen LogP contribution is -2.46. The number of rotatable bonds is 52. The quantitative estimate of drug-likeness (QED) is 0.0418. The molecule has 0 aromatic heterocycles. The molecule has 0 radical (unpaired) electrons. The summed E-state index contributed by atoms with van der Waals surface area (Å²) in [5.41, 5.74) is 0. The molecule has 3 unspecified atom stereocenters. The fourth-order valence-corrected chi connectivity index (χ4v) is 9.14. The van der Waals surface area contributed by atoms with Gasteiger partial charge in [-0.25, -0.2) is 0 Å². The van der Waals surface area contributed by atoms with Gasteiger partial charge in [0, 0.05) is 6.42 Å². The zero-order valence-corrected chi connectivity index (χ0v) is 42.3. The molecule has 0 aliphatic carbocycles. The van der Waals surface area contributed by atoms with Crippen molar-refractivity contribution >= 4 is 11.9 Å². The minimum absolute atomic E-state index is 0.0882. The van der Waals surface area contributed by atoms with Gasteiger partial charge < -0.3 is 20.3 Å². The van der Waals surface area contributed by atoms with E-state index in [1.807, 2.05) is 0 Å². The molecule has 0 bridgehead atoms. The van der Waals surface area contributed by atoms with Gasteiger partial charge in [0.15, 0.2) is 0 Å². The molecule has 6 nitrogen and oxygen atoms in total. The molecule has 62 heavy (non-hydrogen) atoms. The Balaban J connectivity index is 4.44. The van der Waals surface area contributed by atoms with E-state index in [1.54, 1.807) is 0 Å². The molecule has 0 saturated heterocycles. The topological polar surface area (TPSA) is 95.9 Å². The van der Waals surface area contributed by atoms with Gasteiger partial charge in [0.25, 0.3) is 0 Å². The van der Waals surface area contributed by atoms with Crippen molar-refractivity contribution in [3.63, 3.8) is 0 Å². The van der Waals surface area contributed by atoms with Gasteiger partial charge in [-0.15, -0.1) is 0 Å². The second-order valence-electron chi connectivity index (χ2n) is 19.7. The highest BCUT2D eigenvalue weighted by Gasteiger charge is 2.24. The van der Waals surface area contributed by atoms with Crippen LogP contribution in [0.1, 0.15) is 323 Å². The lowest BCUT2D eigenvalue weighted by molar-refractivity contribution is -0.151. The number of esters is 1. The molecule has 1 amide bonds. The summed E-state index contributed by atoms with van der Waals surface area (Å²) in [7, 11) is 0. The Morgan fingerprint density at radius 1 is 0.403 bits per heavy atom. The standard InChI is InChI=1S/C56H111NO5/c1-4-7-10-13-16-19-22-24-26-28-29-31-33-35-38-41-44-47-52(62-56(61)49-46-43-40-37-21-18-15-12-9-6-3)50-55(60)57-53(51-58)54(59)48-45-42-39-36-34-32-30-27-25-23-20-17-14-11-8-5-2/h52-54,58-59H,4-51H2,1-3H3,(H,57,60). The number of hydrogen-bond donors (Lipinski definition) is 3. The average molecular weight is 879 g/mol. The van der Waals surface area contributed by atoms with E-state index >= 15 is 0 Å². The van der Waals surface area contributed by atoms with Crippen LogP contribution in [0.2, 0.25) is 0 Å². The summed E-state index contributed by atoms with van der Waals surface area (Å²) < 4.78 is 5.95. The number of hydrogen-bond acceptors (Lipinski definition) is 5. The molecule has 0 aliphatic rings. The third-order valence-electron chi connectivity index (χ3n) is 13.4. The Hall–Kier alpha value is -1.14. The molecule has 0 aromatic rings. The van der Waals surface area contributed by atoms with Crippen LogP contribution in [0.15, 0.2) is 0 Å². The second-order valence-corrected chi connectivity index (χ2v) is 19.7. The predicted molar refractivity (Wildman–Crippen MR) is 269 cm³/mol. The number of unbranched alkanes of at least 4 members (excludes halogenated alkanes) is 40. The normalized spacial score (nSPS) is 13.0. The molecule has 0 aliphatic heterocycles. The van der Waals surface area contributed by atoms with Crippen molar-refractivity contribution in [3.8, 4) is 0 Å². The number of ether oxygens (including phenoxy) is 1. The van der Waals surface area contributed by atoms with Crippen LogP contribution in [0.3, 0.4) is 0 Å². The van der Waals surface area contributed by atoms with E-state index < -0.39 is 18.2 Å². The molecular weight excluding hydrogens is 767 g/mol. The second kappa shape index (κ2) is 50.9. The monoisotopic (exact) mass is 878 g/mol. The zero-order chi connectivity index (χ0) is 45.2. The van der Waals surface area contributed by atoms with E-state index in [4.69, 9.17) is 4.74 Å². The molecule has 370 valence electrons. The van der Waals surface area contributed by atoms with Gasteiger partial charge in [0.1, 0.15) is 6.10 Å². The molecule has 0 fully saturated rings. The maximum absolute atomic E-state index is 13.2. The van der Waals surface area contributed by atoms with E-state index in [9.17, 15) is 19.8 Å². The van der Waals surface area contributed by atoms with Gasteiger partial charge in [-0.2, -0.15) is 0 Å². The summed E-state index contributed by atoms with van der Waals surface area (Å²) in [5, 5.41) is 23.9. The van der Waals surface area contributed by atoms with Crippen LogP contribution in [-0.4, -0.2) is 46.9 Å². The molecule has 0 spiro atoms. The molecule has 0 heterocycles. The van der Waals surface area contributed by atoms with Gasteiger partial charge in [0.05, 0.1) is 25.2 Å². The minimum atomic E-state index is -0.780. The van der Waals surface area contributed by atoms with Gasteiger partial charge in [-0.05, 0) is 25.7 Å². The molecule has 6 heteroatoms. The van der Waals surface area contributed by atoms with E-state index in [0.717, 1.165) is 44.9 Å². The lowest BCUT2D eigenvalue weighted by atomic mass is 10.0. The first-order valence-corrected chi connectivity index (χ1v) is 28.3. The van der Waals surface area contributed by atoms with Crippen molar-refractivity contribution in [2.24, 2.45) is 0 Å². The van der Waals surface area contributed by atoms with E-state index in [-0.39, 0.29) is 24.9 Å². The summed E-state index contributed by atoms with van der Waals surface area (Å²) in [6.45, 7) is 6.52. The Labute approximate surface area is 387 Å². The third kappa shape index (κ3) is 45.4. The SMILES string of the molecule is CCCCCCCCCCCCCCCCCCCC(CC(=O)NC(CO)C(O)CCCCCCCCCCCCCCCCCC)OC(=O)CCCCCCCCCCCC. The van der Waals surface area contributed by atoms with Crippen LogP contribution in [-0.2, 0) is 14.3 Å². The highest BCUT2D eigenvalue weighted by atomic mass is 16.5. The first-order chi connectivity index (χ1) is 30.5. The number of nitrogens with one attached hydrogen (secondary N) is 1. The van der Waals surface area contributed by atoms with Crippen LogP contribution < -0.4 is 5.32 Å². The fourth-order valence-electron chi connectivity index (χ4n) is 9.14. The highest BCUT2D eigenvalue weighted by Crippen LogP contribution is 2.19. The van der Waals surface area contributed by atoms with E-state index in [0.29, 0.717) is 19.3 Å². The van der Waals surface area contributed by atoms with Crippen LogP contribution >= 0.6 is 0 Å². The maximum Gasteiger partial charge on any atom is 0.306 e. The number of carbonyl (C=O) groups is 2. The Kier molecular flexibility index (Phi) is 49.9. The summed E-state index contributed by atoms with van der Waals surface area (Å²) in [5.74, 6) is -0.449. The lowest BCUT2D eigenvalue weighted by Gasteiger charge is -2.24. The first-order valence-electron chi connectivity index (χ1n) is 28.3. The Morgan fingerprint density at radius 3 is 0.984 bits per heavy atom. The van der Waals surface area contributed by atoms with Crippen LogP contribution in [0.4, 0.5) is 0 Å². The number of amides is 1. The van der Waals surface area contributed by atoms with Crippen LogP contribution in [0.5, 0.6) is 0 Å². The summed E-state index contributed by atoms with van der Waals surface area (Å²) in [4.78, 5) is 26.2. The van der Waals surface area contributed by atoms with Crippen molar-refractivity contribution in [2.75, 3.05) is 6.61 Å². The number of aliphatic hydroxyl groups is 2. The number of aliphatic hydroxyl groups excluding tert-OH is 2. The molecule has 3 N–H and O–H groups in total. The molecule has 0 aromatic carbocycles. The van der Waals surface area contributed by atoms with Crippen molar-refractivity contribution in [2.45, 2.75) is 341 Å². The van der Waals surface area contributed by atoms with E-state index in [1.165, 1.54) is 231 Å². The van der Waals surface area contributed by atoms with Crippen LogP contribution in [0, 0.1) is 0 Å². The van der Waals surface area contributed by atoms with Crippen molar-refractivity contribution in [1.82, 2.24) is 5.32 Å². The fraction of sp³-hybridized carbons (Fsp3) is 0.964. The van der Waals surface area contributed by atoms with Crippen molar-refractivity contribution in [3.05, 3.63) is 0 Å². The highest BCUT2D eigenvalue weighted by molar-refractivity contribution is 5.77. The zero-order valence-electron chi connectivity index (χ0n) is 42.3. The summed E-state index contributed by atoms with van der Waals surface area (Å²) >= 11 is 0. The van der Waals surface area contributed by atoms with Gasteiger partial charge >= 0.3 is 5.97 Å². The minimum Gasteiger partial charge on any atom is -0.462 e. The van der Waals surface area contributed by atoms with Gasteiger partial charge in [-0.1, -0.05) is 284 Å². The van der Waals surface area contributed by atoms with Crippen molar-refractivity contribution < 1.29 is 24.5 Å². The number of carbonyl (C=O) groups excluding carboxylic acids is 2. The maximum atomic E-state index is 13.2. The Bertz CT molecular complexity index is 898. The largest absolute Gasteiger partial charge is 0.462 e. The van der Waals surface area contributed by atoms with Crippen molar-refractivity contribution in [1.29, 1.82) is 0 Å². The van der Waals surface area contributed by atoms with Crippen LogP contribution in [0.25, 0.3) is 0 Å². The molecule has 3 atom stereocenters. The summed E-state index contributed by atoms with van der Waals surface area (Å²) in [6.07, 6.45) is 56.0. The first kappa shape index (κ1) is 60.9. The van der Waals surface area contributed by atoms with Gasteiger partial charge in [0.2, 0.25) is 5.91 Å². The molecule has 0 rings (SSSR count). The van der Waals surface area contributed by atoms with E-state index in [2.05, 4.69) is 26.1 Å².